The maximum Gasteiger partial charge on any atom is 0.333 e. The largest absolute Gasteiger partial charge is 0.464 e. The van der Waals surface area contributed by atoms with Gasteiger partial charge in [-0.25, -0.2) is 0 Å². The molecule has 0 amide bonds. The summed E-state index contributed by atoms with van der Waals surface area (Å²) in [7, 11) is 0. The van der Waals surface area contributed by atoms with Crippen molar-refractivity contribution in [1.29, 1.82) is 0 Å². The topological polar surface area (TPSA) is 22.9 Å². The second kappa shape index (κ2) is 19.4. The average molecular weight is 1160 g/mol. The quantitative estimate of drug-likeness (QED) is 0.155. The summed E-state index contributed by atoms with van der Waals surface area (Å²) in [6, 6.07) is 77.7. The highest BCUT2D eigenvalue weighted by molar-refractivity contribution is 6.94. The van der Waals surface area contributed by atoms with Crippen molar-refractivity contribution in [3.05, 3.63) is 251 Å². The van der Waals surface area contributed by atoms with E-state index in [4.69, 9.17) is 4.42 Å². The Hall–Kier alpha value is -8.80. The van der Waals surface area contributed by atoms with Crippen LogP contribution in [-0.2, 0) is 32.5 Å². The maximum absolute atomic E-state index is 6.52. The van der Waals surface area contributed by atoms with Crippen LogP contribution in [0.15, 0.2) is 211 Å². The first-order chi connectivity index (χ1) is 42.2. The molecule has 11 aromatic rings. The van der Waals surface area contributed by atoms with E-state index in [1.165, 1.54) is 111 Å². The minimum Gasteiger partial charge on any atom is -0.464 e. The summed E-state index contributed by atoms with van der Waals surface area (Å²) >= 11 is 0. The van der Waals surface area contributed by atoms with Crippen LogP contribution in [0.4, 0.5) is 45.5 Å². The lowest BCUT2D eigenvalue weighted by Gasteiger charge is -2.48. The first-order valence-electron chi connectivity index (χ1n) is 32.3. The molecule has 4 nitrogen and oxygen atoms in total. The van der Waals surface area contributed by atoms with Gasteiger partial charge in [-0.3, -0.25) is 0 Å². The monoisotopic (exact) mass is 1160 g/mol. The van der Waals surface area contributed by atoms with Crippen LogP contribution in [0, 0.1) is 0 Å². The third-order valence-electron chi connectivity index (χ3n) is 20.5. The summed E-state index contributed by atoms with van der Waals surface area (Å²) in [5.74, 6) is 0. The molecule has 1 aromatic heterocycles. The molecule has 4 aliphatic rings. The fourth-order valence-electron chi connectivity index (χ4n) is 15.5. The molecule has 0 N–H and O–H groups in total. The molecule has 5 heteroatoms. The van der Waals surface area contributed by atoms with Crippen molar-refractivity contribution >= 4 is 74.2 Å². The van der Waals surface area contributed by atoms with Gasteiger partial charge in [-0.1, -0.05) is 214 Å². The van der Waals surface area contributed by atoms with Crippen LogP contribution in [0.2, 0.25) is 0 Å². The number of anilines is 8. The molecule has 10 aromatic carbocycles. The highest BCUT2D eigenvalue weighted by Gasteiger charge is 2.52. The molecule has 2 aliphatic carbocycles. The smallest absolute Gasteiger partial charge is 0.333 e. The van der Waals surface area contributed by atoms with Crippen LogP contribution < -0.4 is 25.5 Å². The minimum atomic E-state index is -0.364. The van der Waals surface area contributed by atoms with E-state index in [0.29, 0.717) is 0 Å². The summed E-state index contributed by atoms with van der Waals surface area (Å²) in [5, 5.41) is 1.08. The van der Waals surface area contributed by atoms with Gasteiger partial charge >= 0.3 is 6.85 Å². The Morgan fingerprint density at radius 3 is 1.57 bits per heavy atom. The highest BCUT2D eigenvalue weighted by atomic mass is 16.3. The number of benzene rings is 10. The van der Waals surface area contributed by atoms with Gasteiger partial charge in [0, 0.05) is 67.2 Å². The SMILES string of the molecule is CC(C)(C)c1ccc(N2B3c4cc5occc5cc4N(c4ccc(C(C)(C)C)cc4-c4ccccc4)c4c3c(cc3c4C(C)(C)c4ccccc4-3)-c3cc4c(cc32)C(C)(C)c2ccc(N(c3ccc(C(C)(C)C)cc3)c3ccc(C(C)(C)C)cc3)cc2-4)cc1. The Morgan fingerprint density at radius 1 is 0.393 bits per heavy atom. The average Bonchev–Trinajstić information content (AvgIpc) is 1.70. The van der Waals surface area contributed by atoms with Gasteiger partial charge in [-0.15, -0.1) is 0 Å². The van der Waals surface area contributed by atoms with Gasteiger partial charge < -0.3 is 19.0 Å². The standard InChI is InChI=1S/C84H82BN3O/c1-79(2,3)53-26-33-57(34-27-53)86(58-35-28-54(29-36-58)80(4,5)6)60-39-40-69-63(46-60)64-47-65-67-48-66-61-24-20-21-25-68(61)84(15,16)76(66)78-77(67)85(88(73(65)49-70(64)83(69,13)14)59-37-30-55(31-38-59)81(7,8)9)71-50-75-52(42-43-89-75)44-74(71)87(78)72-41-32-56(82(10,11)12)45-62(72)51-22-18-17-19-23-51/h17-50H,1-16H3. The van der Waals surface area contributed by atoms with Gasteiger partial charge in [0.25, 0.3) is 0 Å². The van der Waals surface area contributed by atoms with Crippen molar-refractivity contribution in [1.82, 2.24) is 0 Å². The molecule has 0 atom stereocenters. The predicted octanol–water partition coefficient (Wildman–Crippen LogP) is 22.1. The number of hydrogen-bond acceptors (Lipinski definition) is 4. The van der Waals surface area contributed by atoms with Gasteiger partial charge in [0.2, 0.25) is 0 Å². The molecule has 0 radical (unpaired) electrons. The van der Waals surface area contributed by atoms with Crippen LogP contribution in [0.3, 0.4) is 0 Å². The maximum atomic E-state index is 6.52. The number of rotatable bonds is 6. The molecular formula is C84H82BN3O. The summed E-state index contributed by atoms with van der Waals surface area (Å²) in [5.41, 5.74) is 32.7. The first-order valence-corrected chi connectivity index (χ1v) is 32.3. The molecule has 442 valence electrons. The summed E-state index contributed by atoms with van der Waals surface area (Å²) < 4.78 is 6.52. The Bertz CT molecular complexity index is 4630. The van der Waals surface area contributed by atoms with Crippen molar-refractivity contribution in [2.45, 2.75) is 143 Å². The highest BCUT2D eigenvalue weighted by Crippen LogP contribution is 2.61. The third kappa shape index (κ3) is 8.76. The summed E-state index contributed by atoms with van der Waals surface area (Å²) in [6.45, 7) is 37.3. The zero-order valence-electron chi connectivity index (χ0n) is 55.0. The number of nitrogens with zero attached hydrogens (tertiary/aromatic N) is 3. The Balaban J connectivity index is 1.05. The molecule has 0 unspecified atom stereocenters. The van der Waals surface area contributed by atoms with Crippen LogP contribution in [0.1, 0.15) is 155 Å². The lowest BCUT2D eigenvalue weighted by Crippen LogP contribution is -2.62. The predicted molar refractivity (Wildman–Crippen MR) is 380 cm³/mol. The third-order valence-corrected chi connectivity index (χ3v) is 20.5. The number of furan rings is 1. The lowest BCUT2D eigenvalue weighted by atomic mass is 9.42. The molecule has 89 heavy (non-hydrogen) atoms. The zero-order chi connectivity index (χ0) is 62.2. The van der Waals surface area contributed by atoms with Crippen molar-refractivity contribution in [2.75, 3.05) is 14.6 Å². The Labute approximate surface area is 529 Å². The van der Waals surface area contributed by atoms with E-state index in [-0.39, 0.29) is 39.3 Å². The Morgan fingerprint density at radius 2 is 0.944 bits per heavy atom. The van der Waals surface area contributed by atoms with Crippen molar-refractivity contribution < 1.29 is 4.42 Å². The van der Waals surface area contributed by atoms with Crippen LogP contribution >= 0.6 is 0 Å². The summed E-state index contributed by atoms with van der Waals surface area (Å²) in [6.07, 6.45) is 1.86. The number of hydrogen-bond donors (Lipinski definition) is 0. The Kier molecular flexibility index (Phi) is 12.3. The normalized spacial score (nSPS) is 15.1. The fraction of sp³-hybridized carbons (Fsp3) is 0.262. The molecule has 3 heterocycles. The zero-order valence-corrected chi connectivity index (χ0v) is 55.0. The first kappa shape index (κ1) is 56.7. The van der Waals surface area contributed by atoms with E-state index in [0.717, 1.165) is 45.1 Å². The lowest BCUT2D eigenvalue weighted by molar-refractivity contribution is 0.590. The van der Waals surface area contributed by atoms with Crippen molar-refractivity contribution in [2.24, 2.45) is 0 Å². The molecule has 0 fully saturated rings. The molecule has 0 saturated heterocycles. The second-order valence-electron chi connectivity index (χ2n) is 31.1. The van der Waals surface area contributed by atoms with E-state index >= 15 is 0 Å². The summed E-state index contributed by atoms with van der Waals surface area (Å²) in [4.78, 5) is 7.88. The molecular weight excluding hydrogens is 1080 g/mol. The molecule has 2 aliphatic heterocycles. The van der Waals surface area contributed by atoms with E-state index in [9.17, 15) is 0 Å². The number of fused-ring (bicyclic) bond motifs is 12. The van der Waals surface area contributed by atoms with Crippen LogP contribution in [-0.4, -0.2) is 6.85 Å². The molecule has 0 spiro atoms. The molecule has 15 rings (SSSR count). The molecule has 0 saturated carbocycles. The van der Waals surface area contributed by atoms with Gasteiger partial charge in [-0.05, 0) is 208 Å². The van der Waals surface area contributed by atoms with Crippen LogP contribution in [0.25, 0.3) is 55.5 Å². The van der Waals surface area contributed by atoms with Gasteiger partial charge in [0.05, 0.1) is 12.0 Å². The minimum absolute atomic E-state index is 0.0270. The van der Waals surface area contributed by atoms with Crippen molar-refractivity contribution in [3.63, 3.8) is 0 Å². The van der Waals surface area contributed by atoms with E-state index in [1.807, 2.05) is 6.26 Å². The van der Waals surface area contributed by atoms with E-state index in [1.54, 1.807) is 0 Å². The van der Waals surface area contributed by atoms with E-state index < -0.39 is 0 Å². The molecule has 0 bridgehead atoms. The van der Waals surface area contributed by atoms with Crippen molar-refractivity contribution in [3.8, 4) is 44.5 Å². The fourth-order valence-corrected chi connectivity index (χ4v) is 15.5. The van der Waals surface area contributed by atoms with Crippen LogP contribution in [0.5, 0.6) is 0 Å². The van der Waals surface area contributed by atoms with Gasteiger partial charge in [-0.2, -0.15) is 0 Å². The van der Waals surface area contributed by atoms with Gasteiger partial charge in [0.15, 0.2) is 0 Å². The van der Waals surface area contributed by atoms with Gasteiger partial charge in [0.1, 0.15) is 5.58 Å². The van der Waals surface area contributed by atoms with E-state index in [2.05, 4.69) is 326 Å². The second-order valence-corrected chi connectivity index (χ2v) is 31.1.